The Morgan fingerprint density at radius 3 is 1.30 bits per heavy atom. The number of hydrogen-bond donors (Lipinski definition) is 7. The van der Waals surface area contributed by atoms with Crippen molar-refractivity contribution in [1.82, 2.24) is 0 Å². The number of aliphatic hydroxyl groups excluding tert-OH is 6. The van der Waals surface area contributed by atoms with Crippen molar-refractivity contribution in [2.75, 3.05) is 13.2 Å². The van der Waals surface area contributed by atoms with Gasteiger partial charge in [0.1, 0.15) is 30.5 Å². The van der Waals surface area contributed by atoms with E-state index in [1.165, 1.54) is 148 Å². The Kier molecular flexibility index (Phi) is 41.8. The van der Waals surface area contributed by atoms with E-state index in [0.29, 0.717) is 24.7 Å². The summed E-state index contributed by atoms with van der Waals surface area (Å²) in [6.45, 7) is 13.1. The Labute approximate surface area is 491 Å². The van der Waals surface area contributed by atoms with Gasteiger partial charge in [0.05, 0.1) is 25.2 Å². The predicted molar refractivity (Wildman–Crippen MR) is 316 cm³/mol. The zero-order valence-corrected chi connectivity index (χ0v) is 52.5. The summed E-state index contributed by atoms with van der Waals surface area (Å²) in [6.07, 6.45) is 21.9. The summed E-state index contributed by atoms with van der Waals surface area (Å²) >= 11 is 0. The van der Waals surface area contributed by atoms with Gasteiger partial charge in [-0.3, -0.25) is 14.1 Å². The lowest BCUT2D eigenvalue weighted by Gasteiger charge is -2.46. The molecule has 18 heteroatoms. The number of carbonyl (C=O) groups is 2. The summed E-state index contributed by atoms with van der Waals surface area (Å²) in [4.78, 5) is 27.6. The molecule has 2 saturated heterocycles. The standard InChI is InChI=1S/C63H120O17S/c1-8-10-12-14-16-18-20-22-24-26-28-30-32-34-36-38-51(66)49(6)42-47(4)40-46(3)41-48(5)43-50(7)61(71)78-60-58(77-54(67)39-37-35-33-31-29-27-25-23-21-19-17-15-13-11-9-2)56(69)53(45-65)76-63(60)79-62-59(80-81(72,73)74)57(70)55(68)52(44-64)75-62/h46-53,55-60,62-66,68-70H,8-45H2,1-7H3,(H,72,73,74). The number of ether oxygens (including phenoxy) is 5. The Hall–Kier alpha value is -1.55. The van der Waals surface area contributed by atoms with Crippen LogP contribution in [-0.2, 0) is 47.9 Å². The van der Waals surface area contributed by atoms with Crippen LogP contribution in [0.1, 0.15) is 280 Å². The van der Waals surface area contributed by atoms with E-state index in [0.717, 1.165) is 64.2 Å². The van der Waals surface area contributed by atoms with Crippen LogP contribution in [0.2, 0.25) is 0 Å². The molecule has 7 N–H and O–H groups in total. The average molecular weight is 1180 g/mol. The van der Waals surface area contributed by atoms with Crippen LogP contribution in [0.3, 0.4) is 0 Å². The highest BCUT2D eigenvalue weighted by atomic mass is 32.3. The first-order valence-corrected chi connectivity index (χ1v) is 34.1. The van der Waals surface area contributed by atoms with Gasteiger partial charge in [-0.05, 0) is 62.2 Å². The van der Waals surface area contributed by atoms with Crippen molar-refractivity contribution < 1.29 is 81.1 Å². The molecule has 2 aliphatic heterocycles. The maximum absolute atomic E-state index is 14.1. The van der Waals surface area contributed by atoms with E-state index in [2.05, 4.69) is 45.7 Å². The van der Waals surface area contributed by atoms with E-state index < -0.39 is 103 Å². The molecule has 0 amide bonds. The first-order chi connectivity index (χ1) is 38.8. The third-order valence-electron chi connectivity index (χ3n) is 16.9. The van der Waals surface area contributed by atoms with E-state index in [1.54, 1.807) is 6.92 Å². The molecule has 2 heterocycles. The molecule has 0 aromatic carbocycles. The highest BCUT2D eigenvalue weighted by Crippen LogP contribution is 2.35. The number of aliphatic hydroxyl groups is 6. The van der Waals surface area contributed by atoms with Gasteiger partial charge in [-0.2, -0.15) is 8.42 Å². The molecule has 16 unspecified atom stereocenters. The van der Waals surface area contributed by atoms with Gasteiger partial charge in [-0.15, -0.1) is 0 Å². The molecular formula is C63H120O17S. The van der Waals surface area contributed by atoms with Crippen LogP contribution in [0, 0.1) is 29.6 Å². The highest BCUT2D eigenvalue weighted by molar-refractivity contribution is 7.80. The maximum atomic E-state index is 14.1. The van der Waals surface area contributed by atoms with Gasteiger partial charge in [-0.1, -0.05) is 235 Å². The molecule has 2 fully saturated rings. The fourth-order valence-electron chi connectivity index (χ4n) is 12.2. The van der Waals surface area contributed by atoms with Gasteiger partial charge in [0.2, 0.25) is 6.29 Å². The van der Waals surface area contributed by atoms with E-state index in [-0.39, 0.29) is 24.4 Å². The second-order valence-electron chi connectivity index (χ2n) is 25.0. The smallest absolute Gasteiger partial charge is 0.397 e. The summed E-state index contributed by atoms with van der Waals surface area (Å²) in [7, 11) is -5.33. The lowest BCUT2D eigenvalue weighted by Crippen LogP contribution is -2.65. The van der Waals surface area contributed by atoms with Gasteiger partial charge < -0.3 is 54.3 Å². The van der Waals surface area contributed by atoms with Crippen molar-refractivity contribution in [3.8, 4) is 0 Å². The zero-order valence-electron chi connectivity index (χ0n) is 51.7. The molecule has 17 nitrogen and oxygen atoms in total. The second-order valence-corrected chi connectivity index (χ2v) is 26.1. The molecule has 0 aliphatic carbocycles. The first kappa shape index (κ1) is 75.5. The normalized spacial score (nSPS) is 25.7. The Bertz CT molecular complexity index is 1670. The molecule has 2 rings (SSSR count). The van der Waals surface area contributed by atoms with Crippen LogP contribution < -0.4 is 0 Å². The van der Waals surface area contributed by atoms with Crippen molar-refractivity contribution in [2.45, 2.75) is 347 Å². The Balaban J connectivity index is 1.99. The van der Waals surface area contributed by atoms with E-state index in [4.69, 9.17) is 23.7 Å². The number of hydrogen-bond acceptors (Lipinski definition) is 16. The maximum Gasteiger partial charge on any atom is 0.397 e. The molecule has 0 aromatic heterocycles. The van der Waals surface area contributed by atoms with Crippen molar-refractivity contribution in [3.05, 3.63) is 0 Å². The number of rotatable bonds is 50. The largest absolute Gasteiger partial charge is 0.455 e. The molecule has 0 radical (unpaired) electrons. The molecule has 2 aliphatic rings. The van der Waals surface area contributed by atoms with Gasteiger partial charge in [0.15, 0.2) is 24.6 Å². The zero-order chi connectivity index (χ0) is 60.0. The molecule has 16 atom stereocenters. The summed E-state index contributed by atoms with van der Waals surface area (Å²) in [6, 6.07) is 0. The highest BCUT2D eigenvalue weighted by Gasteiger charge is 2.55. The van der Waals surface area contributed by atoms with Gasteiger partial charge in [0.25, 0.3) is 0 Å². The lowest BCUT2D eigenvalue weighted by molar-refractivity contribution is -0.374. The van der Waals surface area contributed by atoms with Gasteiger partial charge in [-0.25, -0.2) is 4.18 Å². The Morgan fingerprint density at radius 1 is 0.481 bits per heavy atom. The van der Waals surface area contributed by atoms with Crippen molar-refractivity contribution in [3.63, 3.8) is 0 Å². The van der Waals surface area contributed by atoms with Crippen LogP contribution in [0.4, 0.5) is 0 Å². The van der Waals surface area contributed by atoms with Gasteiger partial charge in [0, 0.05) is 6.42 Å². The van der Waals surface area contributed by atoms with E-state index >= 15 is 0 Å². The number of carbonyl (C=O) groups excluding carboxylic acids is 2. The molecule has 0 saturated carbocycles. The van der Waals surface area contributed by atoms with Crippen LogP contribution in [0.5, 0.6) is 0 Å². The molecule has 0 bridgehead atoms. The van der Waals surface area contributed by atoms with Crippen LogP contribution in [0.25, 0.3) is 0 Å². The molecule has 480 valence electrons. The SMILES string of the molecule is CCCCCCCCCCCCCCCCCC(=O)OC1C(O)C(CO)OC(OC2OC(CO)C(O)C(O)C2OS(=O)(=O)O)C1OC(=O)C(C)CC(C)CC(C)CC(C)CC(C)C(O)CCCCCCCCCCCCCCCCC. The van der Waals surface area contributed by atoms with Crippen LogP contribution in [-0.4, -0.2) is 136 Å². The molecular weight excluding hydrogens is 1060 g/mol. The predicted octanol–water partition coefficient (Wildman–Crippen LogP) is 12.2. The molecule has 0 spiro atoms. The monoisotopic (exact) mass is 1180 g/mol. The van der Waals surface area contributed by atoms with Crippen LogP contribution >= 0.6 is 0 Å². The summed E-state index contributed by atoms with van der Waals surface area (Å²) in [5.74, 6) is -1.29. The topological polar surface area (TPSA) is 265 Å². The summed E-state index contributed by atoms with van der Waals surface area (Å²) in [5.41, 5.74) is 0. The quantitative estimate of drug-likeness (QED) is 0.0170. The van der Waals surface area contributed by atoms with E-state index in [1.807, 2.05) is 0 Å². The minimum atomic E-state index is -5.33. The Morgan fingerprint density at radius 2 is 0.864 bits per heavy atom. The summed E-state index contributed by atoms with van der Waals surface area (Å²) < 4.78 is 67.3. The van der Waals surface area contributed by atoms with Crippen molar-refractivity contribution in [2.24, 2.45) is 29.6 Å². The minimum absolute atomic E-state index is 0.0274. The minimum Gasteiger partial charge on any atom is -0.455 e. The number of unbranched alkanes of at least 4 members (excludes halogenated alkanes) is 28. The average Bonchev–Trinajstić information content (AvgIpc) is 3.41. The van der Waals surface area contributed by atoms with Crippen molar-refractivity contribution >= 4 is 22.3 Å². The third-order valence-corrected chi connectivity index (χ3v) is 17.4. The van der Waals surface area contributed by atoms with Crippen molar-refractivity contribution in [1.29, 1.82) is 0 Å². The number of esters is 2. The van der Waals surface area contributed by atoms with E-state index in [9.17, 15) is 53.2 Å². The summed E-state index contributed by atoms with van der Waals surface area (Å²) in [5, 5.41) is 64.3. The van der Waals surface area contributed by atoms with Gasteiger partial charge >= 0.3 is 22.3 Å². The fraction of sp³-hybridized carbons (Fsp3) is 0.968. The third kappa shape index (κ3) is 33.2. The fourth-order valence-corrected chi connectivity index (χ4v) is 12.7. The molecule has 0 aromatic rings. The van der Waals surface area contributed by atoms with Crippen LogP contribution in [0.15, 0.2) is 0 Å². The lowest BCUT2D eigenvalue weighted by atomic mass is 9.82. The second kappa shape index (κ2) is 44.8. The first-order valence-electron chi connectivity index (χ1n) is 32.7. The molecule has 81 heavy (non-hydrogen) atoms.